The summed E-state index contributed by atoms with van der Waals surface area (Å²) in [6.07, 6.45) is 8.46. The Balaban J connectivity index is 0.00000248. The van der Waals surface area contributed by atoms with Crippen LogP contribution in [0.1, 0.15) is 75.9 Å². The van der Waals surface area contributed by atoms with Crippen LogP contribution in [0.4, 0.5) is 8.78 Å². The fraction of sp³-hybridized carbons (Fsp3) is 0.375. The fourth-order valence-electron chi connectivity index (χ4n) is 6.71. The van der Waals surface area contributed by atoms with Crippen molar-refractivity contribution in [1.29, 1.82) is 0 Å². The molecule has 0 saturated heterocycles. The smallest absolute Gasteiger partial charge is 0.168 e. The normalized spacial score (nSPS) is 19.4. The van der Waals surface area contributed by atoms with E-state index in [0.29, 0.717) is 34.8 Å². The Bertz CT molecular complexity index is 2030. The molecule has 0 aliphatic carbocycles. The highest BCUT2D eigenvalue weighted by molar-refractivity contribution is 5.85. The molecule has 2 atom stereocenters. The van der Waals surface area contributed by atoms with Crippen LogP contribution in [0.25, 0.3) is 22.3 Å². The van der Waals surface area contributed by atoms with E-state index in [9.17, 15) is 4.79 Å². The van der Waals surface area contributed by atoms with Gasteiger partial charge in [-0.2, -0.15) is 5.10 Å². The van der Waals surface area contributed by atoms with Crippen LogP contribution in [-0.4, -0.2) is 38.3 Å². The summed E-state index contributed by atoms with van der Waals surface area (Å²) in [5.74, 6) is 0.0126. The van der Waals surface area contributed by atoms with Crippen molar-refractivity contribution in [2.45, 2.75) is 71.8 Å². The number of aliphatic hydroxyl groups is 1. The largest absolute Gasteiger partial charge is 0.454 e. The van der Waals surface area contributed by atoms with Crippen LogP contribution >= 0.6 is 0 Å². The molecule has 270 valence electrons. The number of halogens is 2. The summed E-state index contributed by atoms with van der Waals surface area (Å²) in [5.41, 5.74) is 9.90. The summed E-state index contributed by atoms with van der Waals surface area (Å²) in [5, 5.41) is 16.0. The second-order valence-electron chi connectivity index (χ2n) is 14.2. The Labute approximate surface area is 297 Å². The molecule has 5 aromatic rings. The van der Waals surface area contributed by atoms with Crippen LogP contribution < -0.4 is 15.8 Å². The van der Waals surface area contributed by atoms with Gasteiger partial charge in [-0.05, 0) is 61.6 Å². The standard InChI is InChI=1S/C39H44F2N6O2.CH4O/c1-24(23-48)17-25-9-8-10-26(18-25)39(4)15-7-6-14-38(2,3)34(42)22-43-21-30-28-13-16-44-33(28)20-32(41)35(30)49-27-11-12-31(40)29(19-27)36-45-37(39)46-47(36)5;1-2/h8-13,16,18-20,22-24,43-44H,6-7,14-15,17,21,42H2,1-5H3;2H,1H3/b34-22-;. The first-order chi connectivity index (χ1) is 24.4. The Morgan fingerprint density at radius 1 is 1.06 bits per heavy atom. The predicted octanol–water partition coefficient (Wildman–Crippen LogP) is 7.82. The molecule has 0 spiro atoms. The number of hydrogen-bond acceptors (Lipinski definition) is 7. The molecule has 3 aromatic carbocycles. The van der Waals surface area contributed by atoms with Gasteiger partial charge in [0.05, 0.1) is 11.0 Å². The zero-order chi connectivity index (χ0) is 36.9. The quantitative estimate of drug-likeness (QED) is 0.141. The van der Waals surface area contributed by atoms with Gasteiger partial charge < -0.3 is 30.7 Å². The molecule has 3 heterocycles. The van der Waals surface area contributed by atoms with Crippen molar-refractivity contribution >= 4 is 17.2 Å². The van der Waals surface area contributed by atoms with Gasteiger partial charge in [-0.15, -0.1) is 0 Å². The summed E-state index contributed by atoms with van der Waals surface area (Å²) in [6.45, 7) is 8.52. The van der Waals surface area contributed by atoms with Crippen LogP contribution in [0.2, 0.25) is 0 Å². The molecule has 4 bridgehead atoms. The van der Waals surface area contributed by atoms with E-state index in [4.69, 9.17) is 25.7 Å². The number of allylic oxidation sites excluding steroid dienone is 1. The number of aldehydes is 1. The minimum atomic E-state index is -0.624. The lowest BCUT2D eigenvalue weighted by molar-refractivity contribution is -0.110. The molecule has 0 radical (unpaired) electrons. The van der Waals surface area contributed by atoms with Gasteiger partial charge in [0.1, 0.15) is 17.9 Å². The maximum absolute atomic E-state index is 15.7. The van der Waals surface area contributed by atoms with E-state index in [-0.39, 0.29) is 34.9 Å². The van der Waals surface area contributed by atoms with Crippen molar-refractivity contribution in [3.8, 4) is 22.9 Å². The highest BCUT2D eigenvalue weighted by atomic mass is 19.1. The van der Waals surface area contributed by atoms with Crippen LogP contribution in [0, 0.1) is 23.0 Å². The van der Waals surface area contributed by atoms with Crippen LogP contribution in [0.5, 0.6) is 11.5 Å². The Hall–Kier alpha value is -5.03. The summed E-state index contributed by atoms with van der Waals surface area (Å²) < 4.78 is 39.1. The van der Waals surface area contributed by atoms with Gasteiger partial charge in [0.2, 0.25) is 0 Å². The molecule has 1 aliphatic rings. The number of carbonyl (C=O) groups is 1. The van der Waals surface area contributed by atoms with Gasteiger partial charge in [0, 0.05) is 72.7 Å². The third-order valence-electron chi connectivity index (χ3n) is 9.92. The van der Waals surface area contributed by atoms with Gasteiger partial charge in [-0.1, -0.05) is 57.9 Å². The number of aliphatic hydroxyl groups excluding tert-OH is 1. The summed E-state index contributed by atoms with van der Waals surface area (Å²) >= 11 is 0. The van der Waals surface area contributed by atoms with Crippen molar-refractivity contribution < 1.29 is 23.4 Å². The summed E-state index contributed by atoms with van der Waals surface area (Å²) in [6, 6.07) is 15.8. The number of aromatic amines is 1. The van der Waals surface area contributed by atoms with E-state index in [2.05, 4.69) is 43.2 Å². The molecule has 0 amide bonds. The van der Waals surface area contributed by atoms with Gasteiger partial charge in [0.25, 0.3) is 0 Å². The zero-order valence-corrected chi connectivity index (χ0v) is 30.2. The fourth-order valence-corrected chi connectivity index (χ4v) is 6.71. The second kappa shape index (κ2) is 15.5. The first-order valence-corrected chi connectivity index (χ1v) is 17.3. The van der Waals surface area contributed by atoms with E-state index in [1.165, 1.54) is 24.3 Å². The number of carbonyl (C=O) groups excluding carboxylic acids is 1. The average molecular weight is 699 g/mol. The molecular formula is C40H48F2N6O3. The SMILES string of the molecule is CC(C=O)Cc1cccc(C2(C)CCCCC(C)(C)/C(N)=C/NCc3c(c(F)cc4[nH]ccc34)Oc3ccc(F)c(c3)-c3nc2nn3C)c1.CO. The lowest BCUT2D eigenvalue weighted by atomic mass is 9.75. The Morgan fingerprint density at radius 2 is 1.82 bits per heavy atom. The van der Waals surface area contributed by atoms with Crippen molar-refractivity contribution in [2.24, 2.45) is 24.1 Å². The molecule has 6 rings (SSSR count). The number of aryl methyl sites for hydroxylation is 1. The number of benzene rings is 3. The average Bonchev–Trinajstić information content (AvgIpc) is 3.75. The molecule has 51 heavy (non-hydrogen) atoms. The van der Waals surface area contributed by atoms with Gasteiger partial charge >= 0.3 is 0 Å². The third-order valence-corrected chi connectivity index (χ3v) is 9.92. The number of nitrogens with two attached hydrogens (primary N) is 1. The highest BCUT2D eigenvalue weighted by Gasteiger charge is 2.35. The summed E-state index contributed by atoms with van der Waals surface area (Å²) in [7, 11) is 2.74. The molecule has 5 N–H and O–H groups in total. The van der Waals surface area contributed by atoms with E-state index in [0.717, 1.165) is 55.6 Å². The highest BCUT2D eigenvalue weighted by Crippen LogP contribution is 2.40. The number of nitrogens with one attached hydrogen (secondary N) is 2. The second-order valence-corrected chi connectivity index (χ2v) is 14.2. The number of nitrogens with zero attached hydrogens (tertiary/aromatic N) is 3. The minimum Gasteiger partial charge on any atom is -0.454 e. The Morgan fingerprint density at radius 3 is 2.59 bits per heavy atom. The van der Waals surface area contributed by atoms with E-state index in [1.807, 2.05) is 25.1 Å². The monoisotopic (exact) mass is 698 g/mol. The zero-order valence-electron chi connectivity index (χ0n) is 30.2. The van der Waals surface area contributed by atoms with Crippen LogP contribution in [0.3, 0.4) is 0 Å². The first-order valence-electron chi connectivity index (χ1n) is 17.3. The van der Waals surface area contributed by atoms with Gasteiger partial charge in [-0.3, -0.25) is 0 Å². The maximum atomic E-state index is 15.7. The first kappa shape index (κ1) is 37.2. The van der Waals surface area contributed by atoms with Crippen molar-refractivity contribution in [3.05, 3.63) is 107 Å². The van der Waals surface area contributed by atoms with Crippen molar-refractivity contribution in [3.63, 3.8) is 0 Å². The number of rotatable bonds is 4. The molecule has 1 aliphatic heterocycles. The van der Waals surface area contributed by atoms with Gasteiger partial charge in [0.15, 0.2) is 23.2 Å². The number of fused-ring (bicyclic) bond motifs is 8. The number of aromatic nitrogens is 4. The number of H-pyrrole nitrogens is 1. The molecule has 2 unspecified atom stereocenters. The molecular weight excluding hydrogens is 650 g/mol. The van der Waals surface area contributed by atoms with E-state index >= 15 is 8.78 Å². The molecule has 0 saturated carbocycles. The molecule has 0 fully saturated rings. The van der Waals surface area contributed by atoms with Crippen LogP contribution in [-0.2, 0) is 30.2 Å². The van der Waals surface area contributed by atoms with E-state index < -0.39 is 17.0 Å². The lowest BCUT2D eigenvalue weighted by Gasteiger charge is -2.30. The lowest BCUT2D eigenvalue weighted by Crippen LogP contribution is -2.27. The topological polar surface area (TPSA) is 131 Å². The van der Waals surface area contributed by atoms with Crippen molar-refractivity contribution in [1.82, 2.24) is 25.1 Å². The molecule has 2 aromatic heterocycles. The van der Waals surface area contributed by atoms with Gasteiger partial charge in [-0.25, -0.2) is 18.4 Å². The van der Waals surface area contributed by atoms with Crippen molar-refractivity contribution in [2.75, 3.05) is 7.11 Å². The van der Waals surface area contributed by atoms with E-state index in [1.54, 1.807) is 24.1 Å². The predicted molar refractivity (Wildman–Crippen MR) is 196 cm³/mol. The summed E-state index contributed by atoms with van der Waals surface area (Å²) in [4.78, 5) is 19.5. The third kappa shape index (κ3) is 7.83. The molecule has 11 heteroatoms. The minimum absolute atomic E-state index is 0.0383. The Kier molecular flexibility index (Phi) is 11.3. The molecule has 9 nitrogen and oxygen atoms in total. The number of hydrogen-bond donors (Lipinski definition) is 4. The maximum Gasteiger partial charge on any atom is 0.168 e. The van der Waals surface area contributed by atoms with Crippen LogP contribution in [0.15, 0.2) is 72.7 Å². The number of ether oxygens (including phenoxy) is 1.